The van der Waals surface area contributed by atoms with E-state index in [1.54, 1.807) is 6.07 Å². The third-order valence-electron chi connectivity index (χ3n) is 4.01. The highest BCUT2D eigenvalue weighted by atomic mass is 16.5. The van der Waals surface area contributed by atoms with Gasteiger partial charge in [-0.05, 0) is 44.7 Å². The van der Waals surface area contributed by atoms with E-state index >= 15 is 0 Å². The van der Waals surface area contributed by atoms with Crippen LogP contribution in [0, 0.1) is 13.8 Å². The predicted octanol–water partition coefficient (Wildman–Crippen LogP) is 2.45. The molecule has 0 aromatic carbocycles. The first-order chi connectivity index (χ1) is 10.2. The average molecular weight is 286 g/mol. The molecule has 2 aromatic heterocycles. The minimum Gasteiger partial charge on any atom is -0.343 e. The van der Waals surface area contributed by atoms with Gasteiger partial charge < -0.3 is 9.42 Å². The second-order valence-electron chi connectivity index (χ2n) is 5.40. The summed E-state index contributed by atoms with van der Waals surface area (Å²) in [5, 5.41) is 3.90. The van der Waals surface area contributed by atoms with Crippen LogP contribution in [0.4, 0.5) is 0 Å². The van der Waals surface area contributed by atoms with Gasteiger partial charge in [0, 0.05) is 12.2 Å². The van der Waals surface area contributed by atoms with Crippen molar-refractivity contribution in [2.24, 2.45) is 0 Å². The molecular weight excluding hydrogens is 268 g/mol. The molecular formula is C15H18N4O2. The van der Waals surface area contributed by atoms with Gasteiger partial charge in [-0.15, -0.1) is 0 Å². The summed E-state index contributed by atoms with van der Waals surface area (Å²) < 4.78 is 4.82. The van der Waals surface area contributed by atoms with Crippen molar-refractivity contribution in [1.29, 1.82) is 0 Å². The van der Waals surface area contributed by atoms with Crippen molar-refractivity contribution in [3.05, 3.63) is 41.3 Å². The number of piperidine rings is 1. The lowest BCUT2D eigenvalue weighted by Crippen LogP contribution is -2.39. The summed E-state index contributed by atoms with van der Waals surface area (Å²) in [5.74, 6) is 0.513. The largest absolute Gasteiger partial charge is 0.343 e. The minimum absolute atomic E-state index is 0.0624. The number of carbonyl (C=O) groups is 1. The van der Waals surface area contributed by atoms with Crippen LogP contribution in [-0.2, 0) is 0 Å². The van der Waals surface area contributed by atoms with Crippen molar-refractivity contribution in [3.63, 3.8) is 0 Å². The van der Waals surface area contributed by atoms with Gasteiger partial charge in [0.25, 0.3) is 5.91 Å². The Balaban J connectivity index is 1.89. The van der Waals surface area contributed by atoms with E-state index in [4.69, 9.17) is 4.52 Å². The molecule has 6 nitrogen and oxygen atoms in total. The van der Waals surface area contributed by atoms with Crippen LogP contribution in [-0.4, -0.2) is 32.5 Å². The fourth-order valence-electron chi connectivity index (χ4n) is 2.67. The lowest BCUT2D eigenvalue weighted by atomic mass is 10.0. The summed E-state index contributed by atoms with van der Waals surface area (Å²) in [6.07, 6.45) is 4.21. The van der Waals surface area contributed by atoms with E-state index in [0.29, 0.717) is 18.1 Å². The summed E-state index contributed by atoms with van der Waals surface area (Å²) in [6.45, 7) is 4.60. The van der Waals surface area contributed by atoms with Crippen LogP contribution < -0.4 is 0 Å². The number of hydrogen-bond donors (Lipinski definition) is 0. The number of rotatable bonds is 2. The molecule has 1 fully saturated rings. The molecule has 0 saturated carbocycles. The van der Waals surface area contributed by atoms with Crippen molar-refractivity contribution in [2.75, 3.05) is 6.54 Å². The van der Waals surface area contributed by atoms with Crippen molar-refractivity contribution in [1.82, 2.24) is 20.0 Å². The Hall–Kier alpha value is -2.24. The number of nitrogens with zero attached hydrogens (tertiary/aromatic N) is 4. The normalized spacial score (nSPS) is 18.8. The molecule has 3 rings (SSSR count). The minimum atomic E-state index is -0.117. The predicted molar refractivity (Wildman–Crippen MR) is 75.6 cm³/mol. The van der Waals surface area contributed by atoms with Gasteiger partial charge in [0.2, 0.25) is 6.39 Å². The number of likely N-dealkylation sites (tertiary alicyclic amines) is 1. The molecule has 1 aliphatic rings. The second kappa shape index (κ2) is 5.63. The molecule has 0 radical (unpaired) electrons. The third-order valence-corrected chi connectivity index (χ3v) is 4.01. The molecule has 0 N–H and O–H groups in total. The molecule has 1 atom stereocenters. The van der Waals surface area contributed by atoms with E-state index in [0.717, 1.165) is 30.5 Å². The molecule has 1 aliphatic heterocycles. The van der Waals surface area contributed by atoms with Crippen LogP contribution >= 0.6 is 0 Å². The number of aromatic nitrogens is 3. The van der Waals surface area contributed by atoms with Gasteiger partial charge in [-0.1, -0.05) is 11.2 Å². The number of carbonyl (C=O) groups excluding carboxylic acids is 1. The zero-order valence-electron chi connectivity index (χ0n) is 12.2. The fraction of sp³-hybridized carbons (Fsp3) is 0.467. The van der Waals surface area contributed by atoms with Crippen LogP contribution in [0.15, 0.2) is 23.0 Å². The smallest absolute Gasteiger partial charge is 0.273 e. The molecule has 1 amide bonds. The molecule has 6 heteroatoms. The Morgan fingerprint density at radius 2 is 2.19 bits per heavy atom. The second-order valence-corrected chi connectivity index (χ2v) is 5.40. The molecule has 0 spiro atoms. The Morgan fingerprint density at radius 1 is 1.33 bits per heavy atom. The number of pyridine rings is 1. The first-order valence-electron chi connectivity index (χ1n) is 7.18. The number of aryl methyl sites for hydroxylation is 2. The SMILES string of the molecule is Cc1ccc(C(=O)N2CCCCC2c2ncon2)nc1C. The summed E-state index contributed by atoms with van der Waals surface area (Å²) >= 11 is 0. The molecule has 110 valence electrons. The highest BCUT2D eigenvalue weighted by Gasteiger charge is 2.32. The molecule has 21 heavy (non-hydrogen) atoms. The van der Waals surface area contributed by atoms with Crippen molar-refractivity contribution in [2.45, 2.75) is 39.2 Å². The zero-order valence-corrected chi connectivity index (χ0v) is 12.2. The standard InChI is InChI=1S/C15H18N4O2/c1-10-6-7-12(17-11(10)2)15(20)19-8-4-3-5-13(19)14-16-9-21-18-14/h6-7,9,13H,3-5,8H2,1-2H3. The summed E-state index contributed by atoms with van der Waals surface area (Å²) in [6, 6.07) is 3.60. The summed E-state index contributed by atoms with van der Waals surface area (Å²) in [7, 11) is 0. The maximum atomic E-state index is 12.7. The number of hydrogen-bond acceptors (Lipinski definition) is 5. The maximum Gasteiger partial charge on any atom is 0.273 e. The first-order valence-corrected chi connectivity index (χ1v) is 7.18. The average Bonchev–Trinajstić information content (AvgIpc) is 3.03. The van der Waals surface area contributed by atoms with Gasteiger partial charge in [-0.3, -0.25) is 4.79 Å². The highest BCUT2D eigenvalue weighted by Crippen LogP contribution is 2.29. The quantitative estimate of drug-likeness (QED) is 0.848. The van der Waals surface area contributed by atoms with Gasteiger partial charge in [-0.25, -0.2) is 4.98 Å². The highest BCUT2D eigenvalue weighted by molar-refractivity contribution is 5.92. The fourth-order valence-corrected chi connectivity index (χ4v) is 2.67. The van der Waals surface area contributed by atoms with E-state index in [1.807, 2.05) is 24.8 Å². The van der Waals surface area contributed by atoms with Gasteiger partial charge in [0.15, 0.2) is 5.82 Å². The lowest BCUT2D eigenvalue weighted by Gasteiger charge is -2.33. The van der Waals surface area contributed by atoms with Gasteiger partial charge in [0.05, 0.1) is 6.04 Å². The molecule has 3 heterocycles. The van der Waals surface area contributed by atoms with Crippen LogP contribution in [0.5, 0.6) is 0 Å². The molecule has 2 aromatic rings. The zero-order chi connectivity index (χ0) is 14.8. The van der Waals surface area contributed by atoms with Crippen molar-refractivity contribution < 1.29 is 9.32 Å². The van der Waals surface area contributed by atoms with Crippen LogP contribution in [0.3, 0.4) is 0 Å². The molecule has 0 aliphatic carbocycles. The van der Waals surface area contributed by atoms with Gasteiger partial charge in [-0.2, -0.15) is 4.98 Å². The summed E-state index contributed by atoms with van der Waals surface area (Å²) in [4.78, 5) is 23.1. The van der Waals surface area contributed by atoms with E-state index in [1.165, 1.54) is 6.39 Å². The monoisotopic (exact) mass is 286 g/mol. The van der Waals surface area contributed by atoms with Gasteiger partial charge in [0.1, 0.15) is 5.69 Å². The summed E-state index contributed by atoms with van der Waals surface area (Å²) in [5.41, 5.74) is 2.45. The Morgan fingerprint density at radius 3 is 2.90 bits per heavy atom. The number of amides is 1. The Bertz CT molecular complexity index is 639. The molecule has 1 saturated heterocycles. The van der Waals surface area contributed by atoms with Crippen LogP contribution in [0.25, 0.3) is 0 Å². The Labute approximate surface area is 123 Å². The maximum absolute atomic E-state index is 12.7. The van der Waals surface area contributed by atoms with Gasteiger partial charge >= 0.3 is 0 Å². The third kappa shape index (κ3) is 2.66. The Kier molecular flexibility index (Phi) is 3.68. The molecule has 1 unspecified atom stereocenters. The van der Waals surface area contributed by atoms with E-state index in [9.17, 15) is 4.79 Å². The van der Waals surface area contributed by atoms with E-state index in [2.05, 4.69) is 15.1 Å². The van der Waals surface area contributed by atoms with Crippen LogP contribution in [0.1, 0.15) is 52.9 Å². The lowest BCUT2D eigenvalue weighted by molar-refractivity contribution is 0.0590. The van der Waals surface area contributed by atoms with Crippen molar-refractivity contribution in [3.8, 4) is 0 Å². The molecule has 0 bridgehead atoms. The van der Waals surface area contributed by atoms with Crippen LogP contribution in [0.2, 0.25) is 0 Å². The first kappa shape index (κ1) is 13.7. The van der Waals surface area contributed by atoms with Crippen molar-refractivity contribution >= 4 is 5.91 Å². The topological polar surface area (TPSA) is 72.1 Å². The van der Waals surface area contributed by atoms with E-state index in [-0.39, 0.29) is 11.9 Å². The van der Waals surface area contributed by atoms with E-state index < -0.39 is 0 Å².